The molecular formula is C10H8N2O. The SMILES string of the molecule is Oc1ccc2c3[nH][nH]cc-3cc2c1. The minimum absolute atomic E-state index is 0.309. The minimum Gasteiger partial charge on any atom is -0.508 e. The Morgan fingerprint density at radius 1 is 1.15 bits per heavy atom. The maximum Gasteiger partial charge on any atom is 0.116 e. The Morgan fingerprint density at radius 2 is 2.08 bits per heavy atom. The Morgan fingerprint density at radius 3 is 3.00 bits per heavy atom. The molecule has 0 unspecified atom stereocenters. The van der Waals surface area contributed by atoms with Crippen LogP contribution in [0.5, 0.6) is 5.75 Å². The van der Waals surface area contributed by atoms with Gasteiger partial charge in [0, 0.05) is 17.1 Å². The fraction of sp³-hybridized carbons (Fsp3) is 0. The van der Waals surface area contributed by atoms with Gasteiger partial charge in [-0.15, -0.1) is 0 Å². The highest BCUT2D eigenvalue weighted by Crippen LogP contribution is 2.33. The average molecular weight is 172 g/mol. The van der Waals surface area contributed by atoms with Crippen molar-refractivity contribution in [3.05, 3.63) is 30.5 Å². The lowest BCUT2D eigenvalue weighted by atomic mass is 10.2. The van der Waals surface area contributed by atoms with E-state index >= 15 is 0 Å². The first-order valence-corrected chi connectivity index (χ1v) is 4.12. The number of aromatic nitrogens is 2. The van der Waals surface area contributed by atoms with Gasteiger partial charge in [-0.05, 0) is 29.7 Å². The Balaban J connectivity index is 2.51. The molecule has 0 saturated heterocycles. The van der Waals surface area contributed by atoms with Crippen LogP contribution in [0.1, 0.15) is 0 Å². The van der Waals surface area contributed by atoms with Gasteiger partial charge < -0.3 is 15.3 Å². The fourth-order valence-electron chi connectivity index (χ4n) is 1.73. The van der Waals surface area contributed by atoms with Gasteiger partial charge in [0.05, 0.1) is 5.69 Å². The molecule has 1 aromatic rings. The van der Waals surface area contributed by atoms with Gasteiger partial charge in [-0.3, -0.25) is 0 Å². The first kappa shape index (κ1) is 6.60. The molecule has 0 aromatic heterocycles. The molecule has 64 valence electrons. The zero-order chi connectivity index (χ0) is 8.84. The van der Waals surface area contributed by atoms with Gasteiger partial charge in [0.1, 0.15) is 5.75 Å². The van der Waals surface area contributed by atoms with E-state index < -0.39 is 0 Å². The highest BCUT2D eigenvalue weighted by molar-refractivity contribution is 6.00. The van der Waals surface area contributed by atoms with Gasteiger partial charge in [0.15, 0.2) is 0 Å². The number of phenols is 1. The summed E-state index contributed by atoms with van der Waals surface area (Å²) in [5.74, 6) is 0.309. The second kappa shape index (κ2) is 2.07. The van der Waals surface area contributed by atoms with Crippen LogP contribution in [-0.2, 0) is 0 Å². The van der Waals surface area contributed by atoms with Crippen LogP contribution >= 0.6 is 0 Å². The van der Waals surface area contributed by atoms with Crippen LogP contribution in [-0.4, -0.2) is 15.3 Å². The smallest absolute Gasteiger partial charge is 0.116 e. The lowest BCUT2D eigenvalue weighted by Gasteiger charge is -1.92. The molecule has 3 heteroatoms. The minimum atomic E-state index is 0.309. The number of nitrogens with one attached hydrogen (secondary N) is 2. The summed E-state index contributed by atoms with van der Waals surface area (Å²) in [5, 5.41) is 17.5. The largest absolute Gasteiger partial charge is 0.508 e. The number of fused-ring (bicyclic) bond motifs is 3. The molecule has 1 aliphatic heterocycles. The lowest BCUT2D eigenvalue weighted by molar-refractivity contribution is 0.476. The van der Waals surface area contributed by atoms with Gasteiger partial charge in [-0.1, -0.05) is 0 Å². The van der Waals surface area contributed by atoms with Crippen molar-refractivity contribution in [1.82, 2.24) is 10.2 Å². The van der Waals surface area contributed by atoms with E-state index in [9.17, 15) is 5.11 Å². The van der Waals surface area contributed by atoms with Crippen LogP contribution in [0.4, 0.5) is 0 Å². The molecule has 1 aliphatic carbocycles. The number of hydrogen-bond acceptors (Lipinski definition) is 1. The Bertz CT molecular complexity index is 535. The summed E-state index contributed by atoms with van der Waals surface area (Å²) in [6.07, 6.45) is 1.91. The van der Waals surface area contributed by atoms with E-state index in [-0.39, 0.29) is 0 Å². The molecule has 2 aliphatic rings. The maximum atomic E-state index is 9.27. The van der Waals surface area contributed by atoms with Gasteiger partial charge in [-0.2, -0.15) is 0 Å². The van der Waals surface area contributed by atoms with Gasteiger partial charge in [-0.25, -0.2) is 0 Å². The number of aromatic hydroxyl groups is 1. The third-order valence-corrected chi connectivity index (χ3v) is 2.33. The zero-order valence-corrected chi connectivity index (χ0v) is 6.83. The van der Waals surface area contributed by atoms with Crippen molar-refractivity contribution in [1.29, 1.82) is 0 Å². The van der Waals surface area contributed by atoms with E-state index in [1.807, 2.05) is 18.3 Å². The van der Waals surface area contributed by atoms with Crippen molar-refractivity contribution in [3.8, 4) is 17.0 Å². The van der Waals surface area contributed by atoms with Crippen molar-refractivity contribution >= 4 is 10.8 Å². The van der Waals surface area contributed by atoms with Crippen molar-refractivity contribution in [2.75, 3.05) is 0 Å². The monoisotopic (exact) mass is 172 g/mol. The molecule has 0 atom stereocenters. The number of phenolic OH excluding ortho intramolecular Hbond substituents is 1. The molecule has 1 aromatic carbocycles. The number of aromatic amines is 2. The normalized spacial score (nSPS) is 11.4. The molecule has 13 heavy (non-hydrogen) atoms. The van der Waals surface area contributed by atoms with E-state index in [1.54, 1.807) is 12.1 Å². The Kier molecular flexibility index (Phi) is 1.05. The van der Waals surface area contributed by atoms with Crippen LogP contribution in [0.2, 0.25) is 0 Å². The third-order valence-electron chi connectivity index (χ3n) is 2.33. The summed E-state index contributed by atoms with van der Waals surface area (Å²) in [5.41, 5.74) is 2.23. The molecule has 0 radical (unpaired) electrons. The predicted molar refractivity (Wildman–Crippen MR) is 50.9 cm³/mol. The van der Waals surface area contributed by atoms with Crippen LogP contribution in [0.25, 0.3) is 22.0 Å². The highest BCUT2D eigenvalue weighted by atomic mass is 16.3. The van der Waals surface area contributed by atoms with Gasteiger partial charge in [0.2, 0.25) is 0 Å². The number of hydrogen-bond donors (Lipinski definition) is 3. The number of H-pyrrole nitrogens is 2. The van der Waals surface area contributed by atoms with E-state index in [1.165, 1.54) is 0 Å². The summed E-state index contributed by atoms with van der Waals surface area (Å²) in [4.78, 5) is 0. The topological polar surface area (TPSA) is 51.8 Å². The van der Waals surface area contributed by atoms with Gasteiger partial charge in [0.25, 0.3) is 0 Å². The second-order valence-corrected chi connectivity index (χ2v) is 3.16. The average Bonchev–Trinajstić information content (AvgIpc) is 2.62. The molecule has 3 N–H and O–H groups in total. The van der Waals surface area contributed by atoms with E-state index in [0.29, 0.717) is 5.75 Å². The molecule has 1 heterocycles. The van der Waals surface area contributed by atoms with E-state index in [2.05, 4.69) is 10.2 Å². The molecule has 0 saturated carbocycles. The van der Waals surface area contributed by atoms with E-state index in [4.69, 9.17) is 0 Å². The zero-order valence-electron chi connectivity index (χ0n) is 6.83. The highest BCUT2D eigenvalue weighted by Gasteiger charge is 2.10. The summed E-state index contributed by atoms with van der Waals surface area (Å²) in [6, 6.07) is 7.42. The number of benzene rings is 1. The lowest BCUT2D eigenvalue weighted by Crippen LogP contribution is -1.70. The van der Waals surface area contributed by atoms with Crippen LogP contribution in [0.3, 0.4) is 0 Å². The van der Waals surface area contributed by atoms with Crippen molar-refractivity contribution in [2.24, 2.45) is 0 Å². The van der Waals surface area contributed by atoms with Gasteiger partial charge >= 0.3 is 0 Å². The quantitative estimate of drug-likeness (QED) is 0.478. The first-order valence-electron chi connectivity index (χ1n) is 4.12. The third kappa shape index (κ3) is 0.783. The molecule has 0 fully saturated rings. The van der Waals surface area contributed by atoms with Crippen molar-refractivity contribution < 1.29 is 5.11 Å². The van der Waals surface area contributed by atoms with Crippen LogP contribution in [0, 0.1) is 0 Å². The predicted octanol–water partition coefficient (Wildman–Crippen LogP) is 2.31. The molecule has 3 rings (SSSR count). The summed E-state index contributed by atoms with van der Waals surface area (Å²) in [6.45, 7) is 0. The van der Waals surface area contributed by atoms with Crippen LogP contribution < -0.4 is 0 Å². The molecule has 0 bridgehead atoms. The summed E-state index contributed by atoms with van der Waals surface area (Å²) >= 11 is 0. The number of rotatable bonds is 0. The Hall–Kier alpha value is -1.90. The molecule has 0 spiro atoms. The summed E-state index contributed by atoms with van der Waals surface area (Å²) in [7, 11) is 0. The van der Waals surface area contributed by atoms with Crippen LogP contribution in [0.15, 0.2) is 30.5 Å². The fourth-order valence-corrected chi connectivity index (χ4v) is 1.73. The van der Waals surface area contributed by atoms with Crippen molar-refractivity contribution in [3.63, 3.8) is 0 Å². The first-order chi connectivity index (χ1) is 6.34. The standard InChI is InChI=1S/C10H8N2O/c13-8-1-2-9-6(4-8)3-7-5-11-12-10(7)9/h1-5,11-13H. The van der Waals surface area contributed by atoms with E-state index in [0.717, 1.165) is 22.0 Å². The molecular weight excluding hydrogens is 164 g/mol. The molecule has 3 nitrogen and oxygen atoms in total. The van der Waals surface area contributed by atoms with Crippen molar-refractivity contribution in [2.45, 2.75) is 0 Å². The second-order valence-electron chi connectivity index (χ2n) is 3.16. The summed E-state index contributed by atoms with van der Waals surface area (Å²) < 4.78 is 0. The molecule has 0 amide bonds. The maximum absolute atomic E-state index is 9.27. The Labute approximate surface area is 74.3 Å².